The summed E-state index contributed by atoms with van der Waals surface area (Å²) in [7, 11) is -15.4. The number of hydrogen-bond donors (Lipinski definition) is 13. The number of rotatable bonds is 20. The van der Waals surface area contributed by atoms with Crippen molar-refractivity contribution in [1.82, 2.24) is 0 Å². The molecule has 8 rings (SSSR count). The lowest BCUT2D eigenvalue weighted by molar-refractivity contribution is -0.432. The highest BCUT2D eigenvalue weighted by Gasteiger charge is 2.27. The number of aromatic hydroxyl groups is 3. The van der Waals surface area contributed by atoms with Gasteiger partial charge in [0.2, 0.25) is 0 Å². The summed E-state index contributed by atoms with van der Waals surface area (Å²) in [5.74, 6) is -5.38. The summed E-state index contributed by atoms with van der Waals surface area (Å²) in [4.78, 5) is 20.5. The van der Waals surface area contributed by atoms with Gasteiger partial charge in [-0.2, -0.15) is 30.4 Å². The number of phenolic OH excluding ortho intramolecular Hbond substituents is 3. The average molecular weight is 1200 g/mol. The summed E-state index contributed by atoms with van der Waals surface area (Å²) in [5, 5.41) is 102. The molecule has 8 aromatic carbocycles. The monoisotopic (exact) mass is 1200 g/mol. The number of phenols is 3. The van der Waals surface area contributed by atoms with Crippen LogP contribution >= 0.6 is 24.1 Å². The Labute approximate surface area is 454 Å². The smallest absolute Gasteiger partial charge is 0.337 e. The molecule has 0 heterocycles. The van der Waals surface area contributed by atoms with E-state index in [1.807, 2.05) is 0 Å². The molecular weight excluding hydrogens is 1170 g/mol. The van der Waals surface area contributed by atoms with Crippen molar-refractivity contribution in [2.45, 2.75) is 24.5 Å². The molecule has 0 aromatic heterocycles. The van der Waals surface area contributed by atoms with Crippen molar-refractivity contribution in [2.24, 2.45) is 30.7 Å². The molecule has 0 aliphatic rings. The van der Waals surface area contributed by atoms with Crippen molar-refractivity contribution in [1.29, 1.82) is 0 Å². The van der Waals surface area contributed by atoms with Crippen molar-refractivity contribution in [3.8, 4) is 17.2 Å². The van der Waals surface area contributed by atoms with Crippen molar-refractivity contribution in [2.75, 3.05) is 16.6 Å². The van der Waals surface area contributed by atoms with Crippen LogP contribution in [0.4, 0.5) is 51.2 Å². The van der Waals surface area contributed by atoms with Crippen LogP contribution in [0, 0.1) is 0 Å². The standard InChI is InChI=1S/C44H31N9O22S5/c45-36-30(50-46-21-6-5-18-13-34(80(69,70)71)39(41(55)26(18)14-21)53-49-29-15-22(78(63,64)65)8-10-25(29)44(59)60)17-33(79(66,67)68)27-16-32(77-75-73-62)38(42(56)35(27)36)51-47-20-7-9-23-19(11-20)12-31(76-74-72-61)37(40(23)54)52-48-28-4-2-1-3-24(28)43(57)58/h1-17,46,50,54-56,61-62H,45H2,(H,57,58)(H,59,60)(H,63,64,65)(H,66,67,68)(H,69,70,71). The SMILES string of the molecule is Nc1c(NNc2ccc3cc(S(=O)(=O)O)c(N=Nc4cc(S(=O)(=O)O)ccc4C(=O)O)c(O)c3c2)cc(S(=O)(=O)O)c2cc(SOOO)c(N=Nc3ccc4c(O)c(N=Nc5ccccc5C(=O)O)c(SOOO)cc4c3)c(O)c12. The van der Waals surface area contributed by atoms with Crippen LogP contribution in [0.2, 0.25) is 0 Å². The number of nitrogens with two attached hydrogens (primary N) is 1. The van der Waals surface area contributed by atoms with Gasteiger partial charge in [-0.3, -0.25) is 19.1 Å². The maximum Gasteiger partial charge on any atom is 0.337 e. The van der Waals surface area contributed by atoms with E-state index in [1.165, 1.54) is 60.7 Å². The summed E-state index contributed by atoms with van der Waals surface area (Å²) in [6.45, 7) is 0. The van der Waals surface area contributed by atoms with Gasteiger partial charge in [-0.25, -0.2) is 20.1 Å². The molecule has 0 radical (unpaired) electrons. The van der Waals surface area contributed by atoms with Gasteiger partial charge in [0.25, 0.3) is 30.4 Å². The van der Waals surface area contributed by atoms with Crippen molar-refractivity contribution in [3.63, 3.8) is 0 Å². The van der Waals surface area contributed by atoms with E-state index in [0.717, 1.165) is 36.4 Å². The number of benzene rings is 8. The van der Waals surface area contributed by atoms with Crippen LogP contribution in [0.15, 0.2) is 158 Å². The molecule has 8 aromatic rings. The van der Waals surface area contributed by atoms with Gasteiger partial charge in [-0.1, -0.05) is 28.3 Å². The van der Waals surface area contributed by atoms with Crippen LogP contribution in [-0.2, 0) is 49.1 Å². The third-order valence-corrected chi connectivity index (χ3v) is 14.9. The number of nitrogens with zero attached hydrogens (tertiary/aromatic N) is 6. The number of hydrazine groups is 1. The zero-order valence-corrected chi connectivity index (χ0v) is 43.1. The number of nitrogens with one attached hydrogen (secondary N) is 2. The van der Waals surface area contributed by atoms with Crippen molar-refractivity contribution < 1.29 is 103 Å². The summed E-state index contributed by atoms with van der Waals surface area (Å²) in [6, 6.07) is 19.4. The lowest BCUT2D eigenvalue weighted by Gasteiger charge is -2.18. The number of hydrogen-bond acceptors (Lipinski definition) is 28. The molecule has 31 nitrogen and oxygen atoms in total. The predicted molar refractivity (Wildman–Crippen MR) is 279 cm³/mol. The number of fused-ring (bicyclic) bond motifs is 3. The first-order valence-electron chi connectivity index (χ1n) is 21.2. The molecule has 0 aliphatic heterocycles. The van der Waals surface area contributed by atoms with Gasteiger partial charge in [0.1, 0.15) is 38.2 Å². The summed E-state index contributed by atoms with van der Waals surface area (Å²) in [6.07, 6.45) is 0. The minimum Gasteiger partial charge on any atom is -0.505 e. The molecule has 0 amide bonds. The van der Waals surface area contributed by atoms with Gasteiger partial charge in [0.15, 0.2) is 17.2 Å². The highest BCUT2D eigenvalue weighted by molar-refractivity contribution is 7.95. The molecule has 0 atom stereocenters. The van der Waals surface area contributed by atoms with Crippen LogP contribution in [0.3, 0.4) is 0 Å². The van der Waals surface area contributed by atoms with E-state index in [9.17, 15) is 74.0 Å². The van der Waals surface area contributed by atoms with Crippen molar-refractivity contribution in [3.05, 3.63) is 114 Å². The van der Waals surface area contributed by atoms with Crippen LogP contribution < -0.4 is 16.6 Å². The topological polar surface area (TPSA) is 500 Å². The molecule has 0 saturated carbocycles. The molecule has 14 N–H and O–H groups in total. The minimum absolute atomic E-state index is 0.00141. The maximum atomic E-state index is 13.0. The molecule has 0 aliphatic carbocycles. The fourth-order valence-corrected chi connectivity index (χ4v) is 10.4. The summed E-state index contributed by atoms with van der Waals surface area (Å²) >= 11 is 0.546. The maximum absolute atomic E-state index is 13.0. The number of aromatic carboxylic acids is 2. The molecule has 0 unspecified atom stereocenters. The van der Waals surface area contributed by atoms with Gasteiger partial charge in [-0.15, -0.1) is 34.2 Å². The first kappa shape index (κ1) is 57.4. The van der Waals surface area contributed by atoms with Gasteiger partial charge in [-0.05, 0) is 95.7 Å². The summed E-state index contributed by atoms with van der Waals surface area (Å²) in [5.41, 5.74) is 7.50. The second-order valence-electron chi connectivity index (χ2n) is 15.8. The molecular formula is C44H31N9O22S5. The predicted octanol–water partition coefficient (Wildman–Crippen LogP) is 10.5. The van der Waals surface area contributed by atoms with E-state index in [0.29, 0.717) is 18.1 Å². The molecule has 414 valence electrons. The first-order valence-corrected chi connectivity index (χ1v) is 27.0. The molecule has 0 spiro atoms. The lowest BCUT2D eigenvalue weighted by atomic mass is 10.0. The second kappa shape index (κ2) is 22.9. The Morgan fingerprint density at radius 1 is 0.525 bits per heavy atom. The number of azo groups is 3. The Kier molecular flexibility index (Phi) is 16.5. The Morgan fingerprint density at radius 3 is 1.77 bits per heavy atom. The Morgan fingerprint density at radius 2 is 1.12 bits per heavy atom. The van der Waals surface area contributed by atoms with Gasteiger partial charge in [0, 0.05) is 16.2 Å². The van der Waals surface area contributed by atoms with Crippen LogP contribution in [0.25, 0.3) is 32.3 Å². The van der Waals surface area contributed by atoms with E-state index in [2.05, 4.69) is 60.3 Å². The fourth-order valence-electron chi connectivity index (χ4n) is 7.51. The van der Waals surface area contributed by atoms with E-state index in [-0.39, 0.29) is 77.4 Å². The van der Waals surface area contributed by atoms with Crippen LogP contribution in [0.5, 0.6) is 17.2 Å². The number of carbonyl (C=O) groups is 2. The third-order valence-electron chi connectivity index (χ3n) is 11.0. The number of carboxylic acids is 2. The second-order valence-corrected chi connectivity index (χ2v) is 21.5. The van der Waals surface area contributed by atoms with Crippen LogP contribution in [-0.4, -0.2) is 86.9 Å². The highest BCUT2D eigenvalue weighted by Crippen LogP contribution is 2.50. The van der Waals surface area contributed by atoms with E-state index in [1.54, 1.807) is 0 Å². The Balaban J connectivity index is 1.18. The van der Waals surface area contributed by atoms with E-state index >= 15 is 0 Å². The zero-order valence-electron chi connectivity index (χ0n) is 39.0. The Hall–Kier alpha value is -8.73. The quantitative estimate of drug-likeness (QED) is 0.00842. The molecule has 0 saturated heterocycles. The molecule has 0 bridgehead atoms. The molecule has 36 heteroatoms. The zero-order chi connectivity index (χ0) is 58.0. The Bertz CT molecular complexity index is 4340. The minimum atomic E-state index is -5.24. The van der Waals surface area contributed by atoms with E-state index in [4.69, 9.17) is 16.2 Å². The number of nitrogen functional groups attached to an aromatic ring is 1. The van der Waals surface area contributed by atoms with Crippen LogP contribution in [0.1, 0.15) is 20.7 Å². The van der Waals surface area contributed by atoms with Gasteiger partial charge < -0.3 is 36.7 Å². The highest BCUT2D eigenvalue weighted by atomic mass is 32.2. The first-order chi connectivity index (χ1) is 37.8. The van der Waals surface area contributed by atoms with E-state index < -0.39 is 113 Å². The molecule has 0 fully saturated rings. The molecule has 80 heavy (non-hydrogen) atoms. The largest absolute Gasteiger partial charge is 0.505 e. The average Bonchev–Trinajstić information content (AvgIpc) is 3.60. The van der Waals surface area contributed by atoms with Gasteiger partial charge >= 0.3 is 11.9 Å². The fraction of sp³-hybridized carbons (Fsp3) is 0. The number of anilines is 3. The normalized spacial score (nSPS) is 12.4. The number of carboxylic acid groups (broad SMARTS) is 2. The third kappa shape index (κ3) is 12.1. The van der Waals surface area contributed by atoms with Crippen molar-refractivity contribution >= 4 is 150 Å². The summed E-state index contributed by atoms with van der Waals surface area (Å²) < 4.78 is 114. The lowest BCUT2D eigenvalue weighted by Crippen LogP contribution is -2.12. The van der Waals surface area contributed by atoms with Gasteiger partial charge in [0.05, 0.1) is 78.0 Å².